The monoisotopic (exact) mass is 293 g/mol. The molecule has 4 nitrogen and oxygen atoms in total. The van der Waals surface area contributed by atoms with Gasteiger partial charge in [-0.2, -0.15) is 0 Å². The third kappa shape index (κ3) is 5.66. The Morgan fingerprint density at radius 1 is 1.29 bits per heavy atom. The van der Waals surface area contributed by atoms with Crippen molar-refractivity contribution in [3.63, 3.8) is 0 Å². The molecule has 0 fully saturated rings. The molecule has 1 unspecified atom stereocenters. The van der Waals surface area contributed by atoms with Gasteiger partial charge in [-0.05, 0) is 32.4 Å². The van der Waals surface area contributed by atoms with Gasteiger partial charge in [0, 0.05) is 13.1 Å². The minimum Gasteiger partial charge on any atom is -0.489 e. The number of carboxylic acid groups (broad SMARTS) is 1. The van der Waals surface area contributed by atoms with Crippen LogP contribution >= 0.6 is 0 Å². The number of hydrogen-bond donors (Lipinski definition) is 1. The van der Waals surface area contributed by atoms with Gasteiger partial charge >= 0.3 is 5.97 Å². The van der Waals surface area contributed by atoms with E-state index >= 15 is 0 Å². The highest BCUT2D eigenvalue weighted by Gasteiger charge is 2.19. The zero-order chi connectivity index (χ0) is 15.8. The first-order chi connectivity index (χ1) is 9.95. The van der Waals surface area contributed by atoms with E-state index in [4.69, 9.17) is 9.84 Å². The predicted octanol–water partition coefficient (Wildman–Crippen LogP) is 3.80. The molecule has 21 heavy (non-hydrogen) atoms. The molecule has 0 spiro atoms. The lowest BCUT2D eigenvalue weighted by molar-refractivity contribution is -0.140. The van der Waals surface area contributed by atoms with E-state index in [0.29, 0.717) is 6.54 Å². The number of rotatable bonds is 9. The zero-order valence-electron chi connectivity index (χ0n) is 13.5. The van der Waals surface area contributed by atoms with Crippen LogP contribution in [0, 0.1) is 5.92 Å². The summed E-state index contributed by atoms with van der Waals surface area (Å²) in [6, 6.07) is 7.86. The second-order valence-electron chi connectivity index (χ2n) is 5.67. The van der Waals surface area contributed by atoms with Crippen molar-refractivity contribution in [2.75, 3.05) is 18.0 Å². The number of hydrogen-bond acceptors (Lipinski definition) is 3. The first-order valence-electron chi connectivity index (χ1n) is 7.69. The molecule has 0 aromatic heterocycles. The summed E-state index contributed by atoms with van der Waals surface area (Å²) in [5.74, 6) is -0.353. The lowest BCUT2D eigenvalue weighted by atomic mass is 10.1. The molecule has 0 bridgehead atoms. The number of unbranched alkanes of at least 4 members (excludes halogenated alkanes) is 1. The van der Waals surface area contributed by atoms with Gasteiger partial charge in [0.25, 0.3) is 0 Å². The maximum atomic E-state index is 11.1. The molecule has 0 radical (unpaired) electrons. The number of anilines is 1. The molecule has 4 heteroatoms. The molecule has 118 valence electrons. The van der Waals surface area contributed by atoms with Crippen molar-refractivity contribution in [2.24, 2.45) is 5.92 Å². The first-order valence-corrected chi connectivity index (χ1v) is 7.69. The van der Waals surface area contributed by atoms with Crippen molar-refractivity contribution >= 4 is 11.7 Å². The molecule has 0 saturated carbocycles. The van der Waals surface area contributed by atoms with Crippen LogP contribution in [0.2, 0.25) is 0 Å². The Kier molecular flexibility index (Phi) is 7.06. The summed E-state index contributed by atoms with van der Waals surface area (Å²) < 4.78 is 5.86. The fourth-order valence-electron chi connectivity index (χ4n) is 2.14. The van der Waals surface area contributed by atoms with E-state index < -0.39 is 11.9 Å². The number of ether oxygens (including phenoxy) is 1. The molecule has 0 aliphatic rings. The Morgan fingerprint density at radius 2 is 1.95 bits per heavy atom. The topological polar surface area (TPSA) is 49.8 Å². The van der Waals surface area contributed by atoms with Gasteiger partial charge in [0.1, 0.15) is 5.75 Å². The number of nitrogens with zero attached hydrogens (tertiary/aromatic N) is 1. The van der Waals surface area contributed by atoms with Crippen LogP contribution < -0.4 is 9.64 Å². The van der Waals surface area contributed by atoms with E-state index in [1.165, 1.54) is 0 Å². The van der Waals surface area contributed by atoms with E-state index in [0.717, 1.165) is 30.8 Å². The van der Waals surface area contributed by atoms with Crippen LogP contribution in [-0.4, -0.2) is 30.3 Å². The van der Waals surface area contributed by atoms with Crippen molar-refractivity contribution < 1.29 is 14.6 Å². The van der Waals surface area contributed by atoms with Gasteiger partial charge in [-0.25, -0.2) is 0 Å². The molecular formula is C17H27NO3. The summed E-state index contributed by atoms with van der Waals surface area (Å²) in [5.41, 5.74) is 0.979. The van der Waals surface area contributed by atoms with Crippen LogP contribution in [0.4, 0.5) is 5.69 Å². The van der Waals surface area contributed by atoms with Gasteiger partial charge in [-0.1, -0.05) is 32.4 Å². The number of para-hydroxylation sites is 2. The van der Waals surface area contributed by atoms with Gasteiger partial charge < -0.3 is 14.7 Å². The van der Waals surface area contributed by atoms with E-state index in [-0.39, 0.29) is 6.10 Å². The van der Waals surface area contributed by atoms with Crippen LogP contribution in [0.15, 0.2) is 24.3 Å². The van der Waals surface area contributed by atoms with Crippen LogP contribution in [0.5, 0.6) is 5.75 Å². The average molecular weight is 293 g/mol. The minimum atomic E-state index is -0.765. The third-order valence-corrected chi connectivity index (χ3v) is 3.27. The molecule has 0 heterocycles. The standard InChI is InChI=1S/C17H27NO3/c1-5-6-11-18(12-14(4)17(19)20)15-9-7-8-10-16(15)21-13(2)3/h7-10,13-14H,5-6,11-12H2,1-4H3,(H,19,20). The SMILES string of the molecule is CCCCN(CC(C)C(=O)O)c1ccccc1OC(C)C. The van der Waals surface area contributed by atoms with Crippen molar-refractivity contribution in [3.05, 3.63) is 24.3 Å². The fraction of sp³-hybridized carbons (Fsp3) is 0.588. The summed E-state index contributed by atoms with van der Waals surface area (Å²) in [5, 5.41) is 9.16. The van der Waals surface area contributed by atoms with Gasteiger partial charge in [-0.15, -0.1) is 0 Å². The van der Waals surface area contributed by atoms with Crippen LogP contribution in [0.25, 0.3) is 0 Å². The molecule has 1 atom stereocenters. The highest BCUT2D eigenvalue weighted by atomic mass is 16.5. The molecule has 1 aromatic rings. The predicted molar refractivity (Wildman–Crippen MR) is 86.1 cm³/mol. The van der Waals surface area contributed by atoms with Crippen LogP contribution in [-0.2, 0) is 4.79 Å². The normalized spacial score (nSPS) is 12.2. The second kappa shape index (κ2) is 8.55. The second-order valence-corrected chi connectivity index (χ2v) is 5.67. The van der Waals surface area contributed by atoms with Gasteiger partial charge in [-0.3, -0.25) is 4.79 Å². The summed E-state index contributed by atoms with van der Waals surface area (Å²) in [7, 11) is 0. The highest BCUT2D eigenvalue weighted by molar-refractivity contribution is 5.71. The molecule has 1 rings (SSSR count). The molecule has 0 aliphatic carbocycles. The van der Waals surface area contributed by atoms with E-state index in [2.05, 4.69) is 11.8 Å². The fourth-order valence-corrected chi connectivity index (χ4v) is 2.14. The number of carboxylic acids is 1. The summed E-state index contributed by atoms with van der Waals surface area (Å²) >= 11 is 0. The Labute approximate surface area is 127 Å². The average Bonchev–Trinajstić information content (AvgIpc) is 2.43. The van der Waals surface area contributed by atoms with E-state index in [1.807, 2.05) is 38.1 Å². The maximum absolute atomic E-state index is 11.1. The summed E-state index contributed by atoms with van der Waals surface area (Å²) in [6.45, 7) is 9.20. The van der Waals surface area contributed by atoms with Crippen molar-refractivity contribution in [3.8, 4) is 5.75 Å². The Bertz CT molecular complexity index is 445. The Hall–Kier alpha value is -1.71. The first kappa shape index (κ1) is 17.3. The van der Waals surface area contributed by atoms with Gasteiger partial charge in [0.15, 0.2) is 0 Å². The van der Waals surface area contributed by atoms with Crippen LogP contribution in [0.3, 0.4) is 0 Å². The number of carbonyl (C=O) groups is 1. The molecule has 0 aliphatic heterocycles. The molecule has 0 saturated heterocycles. The summed E-state index contributed by atoms with van der Waals surface area (Å²) in [6.07, 6.45) is 2.20. The van der Waals surface area contributed by atoms with E-state index in [1.54, 1.807) is 6.92 Å². The van der Waals surface area contributed by atoms with Crippen LogP contribution in [0.1, 0.15) is 40.5 Å². The smallest absolute Gasteiger partial charge is 0.308 e. The highest BCUT2D eigenvalue weighted by Crippen LogP contribution is 2.29. The molecule has 1 N–H and O–H groups in total. The summed E-state index contributed by atoms with van der Waals surface area (Å²) in [4.78, 5) is 13.3. The molecule has 1 aromatic carbocycles. The van der Waals surface area contributed by atoms with Crippen molar-refractivity contribution in [1.29, 1.82) is 0 Å². The minimum absolute atomic E-state index is 0.0936. The Balaban J connectivity index is 2.98. The van der Waals surface area contributed by atoms with Gasteiger partial charge in [0.2, 0.25) is 0 Å². The zero-order valence-corrected chi connectivity index (χ0v) is 13.5. The number of benzene rings is 1. The van der Waals surface area contributed by atoms with Crippen molar-refractivity contribution in [1.82, 2.24) is 0 Å². The third-order valence-electron chi connectivity index (χ3n) is 3.27. The maximum Gasteiger partial charge on any atom is 0.308 e. The quantitative estimate of drug-likeness (QED) is 0.752. The van der Waals surface area contributed by atoms with E-state index in [9.17, 15) is 4.79 Å². The lowest BCUT2D eigenvalue weighted by Gasteiger charge is -2.29. The number of aliphatic carboxylic acids is 1. The van der Waals surface area contributed by atoms with Crippen molar-refractivity contribution in [2.45, 2.75) is 46.6 Å². The molecular weight excluding hydrogens is 266 g/mol. The lowest BCUT2D eigenvalue weighted by Crippen LogP contribution is -2.33. The largest absolute Gasteiger partial charge is 0.489 e. The Morgan fingerprint density at radius 3 is 2.52 bits per heavy atom. The molecule has 0 amide bonds. The van der Waals surface area contributed by atoms with Gasteiger partial charge in [0.05, 0.1) is 17.7 Å².